The monoisotopic (exact) mass is 550 g/mol. The van der Waals surface area contributed by atoms with Crippen LogP contribution >= 0.6 is 0 Å². The number of nitrogens with one attached hydrogen (secondary N) is 2. The summed E-state index contributed by atoms with van der Waals surface area (Å²) in [6.07, 6.45) is 2.98. The maximum absolute atomic E-state index is 11.2. The lowest BCUT2D eigenvalue weighted by Gasteiger charge is -2.20. The fourth-order valence-electron chi connectivity index (χ4n) is 4.65. The number of carbonyl (C=O) groups is 1. The second kappa shape index (κ2) is 14.1. The van der Waals surface area contributed by atoms with Gasteiger partial charge in [0.15, 0.2) is 0 Å². The first-order valence-electron chi connectivity index (χ1n) is 13.4. The molecule has 4 N–H and O–H groups in total. The van der Waals surface area contributed by atoms with E-state index in [1.165, 1.54) is 28.5 Å². The van der Waals surface area contributed by atoms with E-state index in [1.807, 2.05) is 37.3 Å². The highest BCUT2D eigenvalue weighted by molar-refractivity contribution is 5.69. The van der Waals surface area contributed by atoms with Crippen LogP contribution in [0.3, 0.4) is 0 Å². The van der Waals surface area contributed by atoms with E-state index in [4.69, 9.17) is 16.4 Å². The smallest absolute Gasteiger partial charge is 0.305 e. The minimum absolute atomic E-state index is 0.193. The maximum Gasteiger partial charge on any atom is 0.305 e. The highest BCUT2D eigenvalue weighted by Crippen LogP contribution is 2.30. The number of ether oxygens (including phenoxy) is 1. The average molecular weight is 551 g/mol. The van der Waals surface area contributed by atoms with E-state index in [0.717, 1.165) is 22.4 Å². The molecule has 8 heteroatoms. The fourth-order valence-corrected chi connectivity index (χ4v) is 4.65. The number of hydrogen-bond donors (Lipinski definition) is 4. The molecule has 0 saturated carbocycles. The van der Waals surface area contributed by atoms with Crippen LogP contribution in [0.1, 0.15) is 34.2 Å². The average Bonchev–Trinajstić information content (AvgIpc) is 2.99. The van der Waals surface area contributed by atoms with E-state index in [0.29, 0.717) is 24.5 Å². The Morgan fingerprint density at radius 3 is 2.56 bits per heavy atom. The summed E-state index contributed by atoms with van der Waals surface area (Å²) in [6.45, 7) is 12.2. The summed E-state index contributed by atoms with van der Waals surface area (Å²) in [5.74, 6) is -0.372. The van der Waals surface area contributed by atoms with Gasteiger partial charge >= 0.3 is 5.97 Å². The highest BCUT2D eigenvalue weighted by atomic mass is 16.5. The van der Waals surface area contributed by atoms with Gasteiger partial charge in [-0.2, -0.15) is 0 Å². The number of carboxylic acids is 1. The van der Waals surface area contributed by atoms with Crippen LogP contribution in [0.2, 0.25) is 0 Å². The standard InChI is InChI=1S/C33H34N4O4/c1-22-12-27(18-36-29(20-38)14-33(39)40)32(41-21-24-13-28(34-3)19-35-16-24)15-31(22)37-17-26-10-7-11-30(23(26)2)25-8-5-4-6-9-25/h4-13,15-16,19,29,36-38H,14,17-18,20-21H2,1-2H3,(H,39,40)/t29-/m1/s1. The lowest BCUT2D eigenvalue weighted by Crippen LogP contribution is -2.34. The number of hydrogen-bond acceptors (Lipinski definition) is 6. The van der Waals surface area contributed by atoms with Gasteiger partial charge in [0.1, 0.15) is 12.4 Å². The van der Waals surface area contributed by atoms with Crippen LogP contribution in [-0.4, -0.2) is 33.8 Å². The lowest BCUT2D eigenvalue weighted by molar-refractivity contribution is -0.137. The summed E-state index contributed by atoms with van der Waals surface area (Å²) < 4.78 is 6.22. The summed E-state index contributed by atoms with van der Waals surface area (Å²) in [7, 11) is 0. The van der Waals surface area contributed by atoms with Crippen LogP contribution in [0.15, 0.2) is 79.1 Å². The number of aliphatic carboxylic acids is 1. The largest absolute Gasteiger partial charge is 0.488 e. The van der Waals surface area contributed by atoms with Gasteiger partial charge in [0.2, 0.25) is 5.69 Å². The van der Waals surface area contributed by atoms with Crippen molar-refractivity contribution in [3.05, 3.63) is 118 Å². The van der Waals surface area contributed by atoms with Crippen molar-refractivity contribution in [1.82, 2.24) is 10.3 Å². The molecule has 1 aromatic heterocycles. The molecule has 0 aliphatic carbocycles. The van der Waals surface area contributed by atoms with E-state index in [9.17, 15) is 9.90 Å². The van der Waals surface area contributed by atoms with Crippen molar-refractivity contribution >= 4 is 17.3 Å². The summed E-state index contributed by atoms with van der Waals surface area (Å²) in [5.41, 5.74) is 8.70. The molecule has 4 aromatic rings. The zero-order chi connectivity index (χ0) is 29.2. The highest BCUT2D eigenvalue weighted by Gasteiger charge is 2.15. The number of anilines is 1. The SMILES string of the molecule is [C-]#[N+]c1cncc(COc2cc(NCc3cccc(-c4ccccc4)c3C)c(C)cc2CN[C@@H](CO)CC(=O)O)c1. The number of carboxylic acid groups (broad SMARTS) is 1. The second-order valence-corrected chi connectivity index (χ2v) is 9.89. The molecular weight excluding hydrogens is 516 g/mol. The van der Waals surface area contributed by atoms with Crippen molar-refractivity contribution in [2.24, 2.45) is 0 Å². The van der Waals surface area contributed by atoms with Crippen molar-refractivity contribution in [3.63, 3.8) is 0 Å². The summed E-state index contributed by atoms with van der Waals surface area (Å²) in [4.78, 5) is 18.7. The molecule has 0 aliphatic rings. The zero-order valence-corrected chi connectivity index (χ0v) is 23.2. The molecule has 0 saturated heterocycles. The number of aromatic nitrogens is 1. The molecule has 0 bridgehead atoms. The van der Waals surface area contributed by atoms with Gasteiger partial charge in [0.25, 0.3) is 0 Å². The molecule has 8 nitrogen and oxygen atoms in total. The van der Waals surface area contributed by atoms with Crippen LogP contribution in [-0.2, 0) is 24.5 Å². The number of aliphatic hydroxyl groups excluding tert-OH is 1. The molecule has 41 heavy (non-hydrogen) atoms. The maximum atomic E-state index is 11.2. The number of nitrogens with zero attached hydrogens (tertiary/aromatic N) is 2. The molecular formula is C33H34N4O4. The van der Waals surface area contributed by atoms with Crippen molar-refractivity contribution < 1.29 is 19.7 Å². The molecule has 1 atom stereocenters. The van der Waals surface area contributed by atoms with Crippen LogP contribution in [0.5, 0.6) is 5.75 Å². The Labute approximate surface area is 240 Å². The number of benzene rings is 3. The van der Waals surface area contributed by atoms with Gasteiger partial charge in [0.05, 0.1) is 19.6 Å². The molecule has 1 heterocycles. The minimum atomic E-state index is -0.984. The van der Waals surface area contributed by atoms with Crippen molar-refractivity contribution in [2.75, 3.05) is 11.9 Å². The number of pyridine rings is 1. The quantitative estimate of drug-likeness (QED) is 0.151. The predicted octanol–water partition coefficient (Wildman–Crippen LogP) is 6.03. The number of aryl methyl sites for hydroxylation is 1. The summed E-state index contributed by atoms with van der Waals surface area (Å²) in [6, 6.07) is 21.7. The Morgan fingerprint density at radius 2 is 1.83 bits per heavy atom. The van der Waals surface area contributed by atoms with E-state index < -0.39 is 12.0 Å². The third-order valence-corrected chi connectivity index (χ3v) is 6.93. The van der Waals surface area contributed by atoms with Gasteiger partial charge in [-0.3, -0.25) is 9.78 Å². The Bertz CT molecular complexity index is 1530. The van der Waals surface area contributed by atoms with Crippen LogP contribution in [0, 0.1) is 20.4 Å². The molecule has 0 radical (unpaired) electrons. The first kappa shape index (κ1) is 29.3. The third-order valence-electron chi connectivity index (χ3n) is 6.93. The Hall–Kier alpha value is -4.71. The van der Waals surface area contributed by atoms with Gasteiger partial charge in [-0.05, 0) is 59.4 Å². The molecule has 210 valence electrons. The summed E-state index contributed by atoms with van der Waals surface area (Å²) >= 11 is 0. The normalized spacial score (nSPS) is 11.5. The van der Waals surface area contributed by atoms with E-state index in [2.05, 4.69) is 57.7 Å². The number of rotatable bonds is 13. The van der Waals surface area contributed by atoms with Gasteiger partial charge < -0.3 is 25.6 Å². The van der Waals surface area contributed by atoms with Gasteiger partial charge in [-0.15, -0.1) is 0 Å². The van der Waals surface area contributed by atoms with E-state index in [-0.39, 0.29) is 19.6 Å². The Balaban J connectivity index is 1.57. The zero-order valence-electron chi connectivity index (χ0n) is 23.2. The lowest BCUT2D eigenvalue weighted by atomic mass is 9.96. The third kappa shape index (κ3) is 7.92. The molecule has 0 unspecified atom stereocenters. The van der Waals surface area contributed by atoms with Crippen LogP contribution in [0.4, 0.5) is 11.4 Å². The summed E-state index contributed by atoms with van der Waals surface area (Å²) in [5, 5.41) is 25.4. The topological polar surface area (TPSA) is 108 Å². The first-order chi connectivity index (χ1) is 19.9. The Kier molecular flexibility index (Phi) is 10.1. The van der Waals surface area contributed by atoms with Crippen LogP contribution in [0.25, 0.3) is 16.0 Å². The molecule has 0 spiro atoms. The predicted molar refractivity (Wildman–Crippen MR) is 160 cm³/mol. The Morgan fingerprint density at radius 1 is 1.02 bits per heavy atom. The van der Waals surface area contributed by atoms with Crippen molar-refractivity contribution in [1.29, 1.82) is 0 Å². The van der Waals surface area contributed by atoms with Gasteiger partial charge in [-0.1, -0.05) is 48.5 Å². The molecule has 0 amide bonds. The minimum Gasteiger partial charge on any atom is -0.488 e. The van der Waals surface area contributed by atoms with Gasteiger partial charge in [-0.25, -0.2) is 4.85 Å². The van der Waals surface area contributed by atoms with Crippen molar-refractivity contribution in [2.45, 2.75) is 46.0 Å². The van der Waals surface area contributed by atoms with Crippen LogP contribution < -0.4 is 15.4 Å². The van der Waals surface area contributed by atoms with Crippen molar-refractivity contribution in [3.8, 4) is 16.9 Å². The number of aliphatic hydroxyl groups is 1. The van der Waals surface area contributed by atoms with E-state index in [1.54, 1.807) is 12.3 Å². The first-order valence-corrected chi connectivity index (χ1v) is 13.4. The molecule has 3 aromatic carbocycles. The fraction of sp³-hybridized carbons (Fsp3) is 0.242. The van der Waals surface area contributed by atoms with E-state index >= 15 is 0 Å². The van der Waals surface area contributed by atoms with Gasteiger partial charge in [0, 0.05) is 48.8 Å². The molecule has 0 fully saturated rings. The molecule has 0 aliphatic heterocycles. The molecule has 4 rings (SSSR count). The second-order valence-electron chi connectivity index (χ2n) is 9.89.